The molecule has 30 heteroatoms. The van der Waals surface area contributed by atoms with Gasteiger partial charge < -0.3 is 99.3 Å². The van der Waals surface area contributed by atoms with Crippen molar-refractivity contribution in [3.05, 3.63) is 59.7 Å². The highest BCUT2D eigenvalue weighted by Gasteiger charge is 2.49. The van der Waals surface area contributed by atoms with E-state index in [-0.39, 0.29) is 80.4 Å². The number of carbonyl (C=O) groups is 8. The molecule has 0 aliphatic carbocycles. The zero-order valence-corrected chi connectivity index (χ0v) is 56.8. The molecule has 0 aromatic heterocycles. The van der Waals surface area contributed by atoms with Crippen LogP contribution in [0.1, 0.15) is 111 Å². The summed E-state index contributed by atoms with van der Waals surface area (Å²) in [6.07, 6.45) is -12.3. The first-order valence-corrected chi connectivity index (χ1v) is 32.3. The summed E-state index contributed by atoms with van der Waals surface area (Å²) in [5.41, 5.74) is 0.758. The van der Waals surface area contributed by atoms with Gasteiger partial charge in [0.25, 0.3) is 0 Å². The number of aliphatic hydroxyl groups is 4. The van der Waals surface area contributed by atoms with Crippen LogP contribution < -0.4 is 31.9 Å². The van der Waals surface area contributed by atoms with E-state index in [0.717, 1.165) is 4.90 Å². The van der Waals surface area contributed by atoms with Crippen LogP contribution in [0.25, 0.3) is 0 Å². The van der Waals surface area contributed by atoms with E-state index < -0.39 is 139 Å². The van der Waals surface area contributed by atoms with Crippen molar-refractivity contribution in [3.63, 3.8) is 0 Å². The van der Waals surface area contributed by atoms with Crippen LogP contribution in [0.2, 0.25) is 0 Å². The van der Waals surface area contributed by atoms with Gasteiger partial charge in [-0.05, 0) is 61.3 Å². The fourth-order valence-electron chi connectivity index (χ4n) is 11.5. The molecule has 0 bridgehead atoms. The molecule has 11 N–H and O–H groups in total. The number of nitrogens with zero attached hydrogens (tertiary/aromatic N) is 3. The Balaban J connectivity index is 1.46. The molecule has 2 saturated heterocycles. The lowest BCUT2D eigenvalue weighted by Gasteiger charge is -2.41. The summed E-state index contributed by atoms with van der Waals surface area (Å²) >= 11 is 0. The normalized spacial score (nSPS) is 20.9. The summed E-state index contributed by atoms with van der Waals surface area (Å²) < 4.78 is 45.1. The van der Waals surface area contributed by atoms with E-state index in [0.29, 0.717) is 57.8 Å². The van der Waals surface area contributed by atoms with Crippen molar-refractivity contribution in [1.82, 2.24) is 30.7 Å². The summed E-state index contributed by atoms with van der Waals surface area (Å²) in [4.78, 5) is 118. The fraction of sp³-hybridized carbons (Fsp3) is 0.692. The Morgan fingerprint density at radius 3 is 1.98 bits per heavy atom. The van der Waals surface area contributed by atoms with Crippen molar-refractivity contribution in [1.29, 1.82) is 0 Å². The van der Waals surface area contributed by atoms with Crippen molar-refractivity contribution >= 4 is 53.2 Å². The number of carboxylic acids is 1. The number of carbonyl (C=O) groups excluding carboxylic acids is 7. The molecule has 30 nitrogen and oxygen atoms in total. The number of carboxylic acid groups (broad SMARTS) is 1. The molecule has 95 heavy (non-hydrogen) atoms. The minimum atomic E-state index is -2.04. The highest BCUT2D eigenvalue weighted by Crippen LogP contribution is 2.33. The second-order valence-corrected chi connectivity index (χ2v) is 24.6. The molecule has 4 rings (SSSR count). The lowest BCUT2D eigenvalue weighted by Crippen LogP contribution is -2.61. The monoisotopic (exact) mass is 1350 g/mol. The standard InChI is InChI=1S/C65H104N8O22/c1-13-39(6)53(47(87-11)35-50(76)73-26-17-20-45(73)58(88-12)40(7)60(81)68-41(8)54(77)42-18-15-14-16-19-42)71(9)62(83)51(37(2)3)70-61(82)52(38(4)5)72(10)65(86)92-36-43-34-44(21-22-46(43)94-64-57(80)55(78)56(79)59(95-64)63(84)85)69-49(75)24-23-48(74)67-25-27-89-28-29-90-30-31-91-32-33-93-66/h14-16,18-19,21-22,34,37-41,45,47,51-59,64,77-80H,13,17,20,23-33,35-36,66H2,1-12H3,(H,67,74)(H,68,81)(H,69,75)(H,70,82)(H,84,85)/t39-,40+,41+,45-,47+,51-,52-,53-,54+,55?,56?,57?,58+,59?,64?/m0/s1. The molecule has 0 spiro atoms. The summed E-state index contributed by atoms with van der Waals surface area (Å²) in [6.45, 7) is 16.1. The third-order valence-electron chi connectivity index (χ3n) is 17.1. The van der Waals surface area contributed by atoms with Crippen LogP contribution >= 0.6 is 0 Å². The number of likely N-dealkylation sites (N-methyl/N-ethyl adjacent to an activating group) is 2. The van der Waals surface area contributed by atoms with E-state index in [4.69, 9.17) is 43.8 Å². The van der Waals surface area contributed by atoms with E-state index in [2.05, 4.69) is 26.1 Å². The molecule has 15 atom stereocenters. The Labute approximate surface area is 556 Å². The van der Waals surface area contributed by atoms with Gasteiger partial charge in [-0.1, -0.05) is 85.2 Å². The number of aliphatic carboxylic acids is 1. The predicted octanol–water partition coefficient (Wildman–Crippen LogP) is 1.62. The molecule has 536 valence electrons. The van der Waals surface area contributed by atoms with Gasteiger partial charge in [-0.25, -0.2) is 15.5 Å². The Morgan fingerprint density at radius 2 is 1.39 bits per heavy atom. The maximum absolute atomic E-state index is 14.9. The summed E-state index contributed by atoms with van der Waals surface area (Å²) in [5, 5.41) is 63.5. The zero-order valence-electron chi connectivity index (χ0n) is 56.8. The van der Waals surface area contributed by atoms with E-state index in [9.17, 15) is 63.9 Å². The number of methoxy groups -OCH3 is 2. The zero-order chi connectivity index (χ0) is 70.6. The second-order valence-electron chi connectivity index (χ2n) is 24.6. The number of likely N-dealkylation sites (tertiary alicyclic amines) is 1. The molecular formula is C65H104N8O22. The number of amides is 7. The summed E-state index contributed by atoms with van der Waals surface area (Å²) in [5.74, 6) is -1.81. The number of rotatable bonds is 41. The lowest BCUT2D eigenvalue weighted by molar-refractivity contribution is -0.271. The number of benzene rings is 2. The molecule has 2 aliphatic heterocycles. The second kappa shape index (κ2) is 40.8. The Hall–Kier alpha value is -6.68. The third kappa shape index (κ3) is 24.1. The van der Waals surface area contributed by atoms with Gasteiger partial charge >= 0.3 is 12.1 Å². The molecule has 0 radical (unpaired) electrons. The number of hydrogen-bond acceptors (Lipinski definition) is 22. The molecule has 0 saturated carbocycles. The Bertz CT molecular complexity index is 2730. The Kier molecular flexibility index (Phi) is 34.7. The van der Waals surface area contributed by atoms with Gasteiger partial charge in [0.05, 0.1) is 95.0 Å². The van der Waals surface area contributed by atoms with Gasteiger partial charge in [0.2, 0.25) is 41.7 Å². The molecular weight excluding hydrogens is 1240 g/mol. The minimum Gasteiger partial charge on any atom is -0.479 e. The van der Waals surface area contributed by atoms with Crippen LogP contribution in [0.15, 0.2) is 48.5 Å². The first-order valence-electron chi connectivity index (χ1n) is 32.3. The average Bonchev–Trinajstić information content (AvgIpc) is 1.51. The smallest absolute Gasteiger partial charge is 0.410 e. The number of hydrogen-bond donors (Lipinski definition) is 10. The number of ether oxygens (including phenoxy) is 8. The maximum Gasteiger partial charge on any atom is 0.410 e. The van der Waals surface area contributed by atoms with Crippen LogP contribution in [0.5, 0.6) is 5.75 Å². The number of nitrogens with one attached hydrogen (secondary N) is 4. The third-order valence-corrected chi connectivity index (χ3v) is 17.1. The van der Waals surface area contributed by atoms with Crippen LogP contribution in [0.3, 0.4) is 0 Å². The highest BCUT2D eigenvalue weighted by atomic mass is 16.7. The lowest BCUT2D eigenvalue weighted by atomic mass is 9.89. The van der Waals surface area contributed by atoms with E-state index in [1.165, 1.54) is 44.4 Å². The van der Waals surface area contributed by atoms with E-state index >= 15 is 0 Å². The number of aliphatic hydroxyl groups excluding tert-OH is 4. The number of nitrogens with two attached hydrogens (primary N) is 1. The Morgan fingerprint density at radius 1 is 0.758 bits per heavy atom. The molecule has 2 fully saturated rings. The highest BCUT2D eigenvalue weighted by molar-refractivity contribution is 5.94. The fourth-order valence-corrected chi connectivity index (χ4v) is 11.5. The van der Waals surface area contributed by atoms with E-state index in [1.807, 2.05) is 19.9 Å². The van der Waals surface area contributed by atoms with Gasteiger partial charge in [0.1, 0.15) is 42.8 Å². The topological polar surface area (TPSA) is 405 Å². The average molecular weight is 1350 g/mol. The van der Waals surface area contributed by atoms with Gasteiger partial charge in [-0.3, -0.25) is 33.7 Å². The first kappa shape index (κ1) is 80.8. The van der Waals surface area contributed by atoms with Crippen LogP contribution in [-0.4, -0.2) is 249 Å². The molecule has 5 unspecified atom stereocenters. The maximum atomic E-state index is 14.9. The molecule has 2 heterocycles. The SMILES string of the molecule is CC[C@H](C)[C@@H]([C@@H](CC(=O)N1CCC[C@H]1[C@H](OC)[C@@H](C)C(=O)N[C@H](C)[C@@H](O)c1ccccc1)OC)N(C)C(=O)[C@@H](NC(=O)[C@H](C(C)C)N(C)C(=O)OCc1cc(NC(=O)CCC(=O)NCCOCCOCCOCCON)ccc1OC1OC(C(=O)O)C(O)C(O)C1O)C(C)C. The molecule has 7 amide bonds. The van der Waals surface area contributed by atoms with E-state index in [1.54, 1.807) is 77.8 Å². The molecule has 2 aromatic rings. The first-order chi connectivity index (χ1) is 45.1. The minimum absolute atomic E-state index is 0.00594. The number of anilines is 1. The van der Waals surface area contributed by atoms with Crippen molar-refractivity contribution in [3.8, 4) is 5.75 Å². The van der Waals surface area contributed by atoms with Crippen molar-refractivity contribution < 1.29 is 107 Å². The predicted molar refractivity (Wildman–Crippen MR) is 343 cm³/mol. The van der Waals surface area contributed by atoms with Crippen LogP contribution in [0, 0.1) is 23.7 Å². The molecule has 2 aliphatic rings. The van der Waals surface area contributed by atoms with Gasteiger partial charge in [-0.2, -0.15) is 0 Å². The molecule has 2 aromatic carbocycles. The summed E-state index contributed by atoms with van der Waals surface area (Å²) in [7, 11) is 5.87. The quantitative estimate of drug-likeness (QED) is 0.0334. The van der Waals surface area contributed by atoms with Crippen LogP contribution in [0.4, 0.5) is 10.5 Å². The van der Waals surface area contributed by atoms with Gasteiger partial charge in [-0.15, -0.1) is 0 Å². The summed E-state index contributed by atoms with van der Waals surface area (Å²) in [6, 6.07) is 8.74. The van der Waals surface area contributed by atoms with Crippen molar-refractivity contribution in [2.24, 2.45) is 29.6 Å². The van der Waals surface area contributed by atoms with Crippen LogP contribution in [-0.2, 0) is 78.2 Å². The van der Waals surface area contributed by atoms with Crippen molar-refractivity contribution in [2.45, 2.75) is 180 Å². The van der Waals surface area contributed by atoms with Gasteiger partial charge in [0, 0.05) is 65.5 Å². The van der Waals surface area contributed by atoms with Crippen molar-refractivity contribution in [2.75, 3.05) is 93.0 Å². The largest absolute Gasteiger partial charge is 0.479 e. The van der Waals surface area contributed by atoms with Gasteiger partial charge in [0.15, 0.2) is 6.10 Å².